The molecule has 1 saturated heterocycles. The molecule has 0 bridgehead atoms. The first-order chi connectivity index (χ1) is 13.1. The van der Waals surface area contributed by atoms with Crippen LogP contribution in [-0.4, -0.2) is 42.1 Å². The predicted octanol–water partition coefficient (Wildman–Crippen LogP) is 4.19. The number of nitrogens with one attached hydrogen (secondary N) is 1. The molecule has 0 radical (unpaired) electrons. The van der Waals surface area contributed by atoms with Crippen LogP contribution in [0.2, 0.25) is 0 Å². The number of hydrogen-bond acceptors (Lipinski definition) is 5. The van der Waals surface area contributed by atoms with E-state index in [2.05, 4.69) is 15.4 Å². The lowest BCUT2D eigenvalue weighted by molar-refractivity contribution is 0.0948. The number of aryl methyl sites for hydroxylation is 2. The van der Waals surface area contributed by atoms with Crippen LogP contribution in [0.4, 0.5) is 0 Å². The van der Waals surface area contributed by atoms with Crippen LogP contribution in [0.3, 0.4) is 0 Å². The largest absolute Gasteiger partial charge is 0.361 e. The fourth-order valence-corrected chi connectivity index (χ4v) is 4.62. The van der Waals surface area contributed by atoms with Gasteiger partial charge in [0.05, 0.1) is 11.3 Å². The summed E-state index contributed by atoms with van der Waals surface area (Å²) < 4.78 is 5.23. The standard InChI is InChI=1S/C21H29N3O2S/c1-16-19(17(2)26-23-16)15-27-20-10-5-4-9-18(20)21(25)22-11-8-14-24-12-6-3-7-13-24/h4-5,9-10H,3,6-8,11-15H2,1-2H3,(H,22,25). The van der Waals surface area contributed by atoms with Crippen molar-refractivity contribution in [1.82, 2.24) is 15.4 Å². The lowest BCUT2D eigenvalue weighted by Gasteiger charge is -2.26. The Morgan fingerprint density at radius 2 is 2.00 bits per heavy atom. The maximum absolute atomic E-state index is 12.6. The van der Waals surface area contributed by atoms with Crippen molar-refractivity contribution in [3.63, 3.8) is 0 Å². The van der Waals surface area contributed by atoms with Crippen molar-refractivity contribution in [3.05, 3.63) is 46.8 Å². The summed E-state index contributed by atoms with van der Waals surface area (Å²) in [5, 5.41) is 7.09. The minimum absolute atomic E-state index is 0.00973. The zero-order chi connectivity index (χ0) is 19.1. The highest BCUT2D eigenvalue weighted by Gasteiger charge is 2.14. The van der Waals surface area contributed by atoms with E-state index in [1.54, 1.807) is 11.8 Å². The number of hydrogen-bond donors (Lipinski definition) is 1. The molecule has 146 valence electrons. The lowest BCUT2D eigenvalue weighted by Crippen LogP contribution is -2.33. The number of carbonyl (C=O) groups is 1. The number of nitrogens with zero attached hydrogens (tertiary/aromatic N) is 2. The molecule has 0 spiro atoms. The Labute approximate surface area is 165 Å². The molecule has 1 aliphatic heterocycles. The van der Waals surface area contributed by atoms with E-state index in [0.717, 1.165) is 52.7 Å². The predicted molar refractivity (Wildman–Crippen MR) is 109 cm³/mol. The Kier molecular flexibility index (Phi) is 7.35. The number of carbonyl (C=O) groups excluding carboxylic acids is 1. The Morgan fingerprint density at radius 3 is 2.74 bits per heavy atom. The van der Waals surface area contributed by atoms with Gasteiger partial charge in [-0.3, -0.25) is 4.79 Å². The summed E-state index contributed by atoms with van der Waals surface area (Å²) >= 11 is 1.65. The Hall–Kier alpha value is -1.79. The highest BCUT2D eigenvalue weighted by Crippen LogP contribution is 2.28. The van der Waals surface area contributed by atoms with E-state index in [1.165, 1.54) is 32.4 Å². The number of aromatic nitrogens is 1. The van der Waals surface area contributed by atoms with Gasteiger partial charge in [0.1, 0.15) is 5.76 Å². The van der Waals surface area contributed by atoms with Gasteiger partial charge in [-0.1, -0.05) is 23.7 Å². The third-order valence-electron chi connectivity index (χ3n) is 5.07. The summed E-state index contributed by atoms with van der Waals surface area (Å²) in [6.45, 7) is 8.08. The first-order valence-corrected chi connectivity index (χ1v) is 10.8. The highest BCUT2D eigenvalue weighted by atomic mass is 32.2. The van der Waals surface area contributed by atoms with Gasteiger partial charge < -0.3 is 14.7 Å². The van der Waals surface area contributed by atoms with E-state index in [0.29, 0.717) is 0 Å². The van der Waals surface area contributed by atoms with Gasteiger partial charge in [-0.2, -0.15) is 0 Å². The zero-order valence-corrected chi connectivity index (χ0v) is 17.1. The van der Waals surface area contributed by atoms with E-state index >= 15 is 0 Å². The van der Waals surface area contributed by atoms with Crippen LogP contribution in [-0.2, 0) is 5.75 Å². The summed E-state index contributed by atoms with van der Waals surface area (Å²) in [5.41, 5.74) is 2.77. The third kappa shape index (κ3) is 5.59. The van der Waals surface area contributed by atoms with Crippen LogP contribution in [0, 0.1) is 13.8 Å². The van der Waals surface area contributed by atoms with Crippen LogP contribution in [0.1, 0.15) is 53.1 Å². The smallest absolute Gasteiger partial charge is 0.252 e. The summed E-state index contributed by atoms with van der Waals surface area (Å²) in [6.07, 6.45) is 4.97. The third-order valence-corrected chi connectivity index (χ3v) is 6.17. The average Bonchev–Trinajstić information content (AvgIpc) is 3.02. The second kappa shape index (κ2) is 9.95. The van der Waals surface area contributed by atoms with Gasteiger partial charge in [0, 0.05) is 22.8 Å². The van der Waals surface area contributed by atoms with Gasteiger partial charge in [0.25, 0.3) is 5.91 Å². The fraction of sp³-hybridized carbons (Fsp3) is 0.524. The zero-order valence-electron chi connectivity index (χ0n) is 16.3. The van der Waals surface area contributed by atoms with Gasteiger partial charge in [0.2, 0.25) is 0 Å². The molecule has 27 heavy (non-hydrogen) atoms. The van der Waals surface area contributed by atoms with Crippen molar-refractivity contribution in [2.24, 2.45) is 0 Å². The monoisotopic (exact) mass is 387 g/mol. The van der Waals surface area contributed by atoms with Crippen molar-refractivity contribution in [3.8, 4) is 0 Å². The average molecular weight is 388 g/mol. The number of thioether (sulfide) groups is 1. The van der Waals surface area contributed by atoms with Crippen LogP contribution in [0.15, 0.2) is 33.7 Å². The molecule has 1 fully saturated rings. The number of piperidine rings is 1. The van der Waals surface area contributed by atoms with Crippen molar-refractivity contribution >= 4 is 17.7 Å². The van der Waals surface area contributed by atoms with Gasteiger partial charge >= 0.3 is 0 Å². The van der Waals surface area contributed by atoms with Crippen molar-refractivity contribution < 1.29 is 9.32 Å². The minimum atomic E-state index is 0.00973. The molecule has 1 aromatic heterocycles. The quantitative estimate of drug-likeness (QED) is 0.544. The molecule has 0 atom stereocenters. The molecule has 6 heteroatoms. The maximum atomic E-state index is 12.6. The first kappa shape index (κ1) is 20.0. The molecule has 1 aliphatic rings. The van der Waals surface area contributed by atoms with Crippen LogP contribution >= 0.6 is 11.8 Å². The van der Waals surface area contributed by atoms with E-state index in [4.69, 9.17) is 4.52 Å². The first-order valence-electron chi connectivity index (χ1n) is 9.79. The molecule has 0 aliphatic carbocycles. The molecule has 2 aromatic rings. The van der Waals surface area contributed by atoms with Crippen molar-refractivity contribution in [2.45, 2.75) is 50.2 Å². The highest BCUT2D eigenvalue weighted by molar-refractivity contribution is 7.98. The molecule has 0 saturated carbocycles. The molecule has 2 heterocycles. The number of amides is 1. The molecule has 5 nitrogen and oxygen atoms in total. The molecule has 1 aromatic carbocycles. The van der Waals surface area contributed by atoms with Gasteiger partial charge in [-0.05, 0) is 64.9 Å². The summed E-state index contributed by atoms with van der Waals surface area (Å²) in [4.78, 5) is 16.1. The second-order valence-corrected chi connectivity index (χ2v) is 8.12. The molecule has 1 N–H and O–H groups in total. The van der Waals surface area contributed by atoms with Gasteiger partial charge in [-0.25, -0.2) is 0 Å². The SMILES string of the molecule is Cc1noc(C)c1CSc1ccccc1C(=O)NCCCN1CCCCC1. The summed E-state index contributed by atoms with van der Waals surface area (Å²) in [6, 6.07) is 7.80. The molecule has 3 rings (SSSR count). The molecule has 0 unspecified atom stereocenters. The van der Waals surface area contributed by atoms with E-state index < -0.39 is 0 Å². The normalized spacial score (nSPS) is 15.0. The van der Waals surface area contributed by atoms with Crippen LogP contribution in [0.25, 0.3) is 0 Å². The fourth-order valence-electron chi connectivity index (χ4n) is 3.42. The number of benzene rings is 1. The summed E-state index contributed by atoms with van der Waals surface area (Å²) in [7, 11) is 0. The van der Waals surface area contributed by atoms with Crippen molar-refractivity contribution in [2.75, 3.05) is 26.2 Å². The second-order valence-electron chi connectivity index (χ2n) is 7.10. The lowest BCUT2D eigenvalue weighted by atomic mass is 10.1. The van der Waals surface area contributed by atoms with Crippen LogP contribution in [0.5, 0.6) is 0 Å². The van der Waals surface area contributed by atoms with Gasteiger partial charge in [-0.15, -0.1) is 11.8 Å². The van der Waals surface area contributed by atoms with E-state index in [9.17, 15) is 4.79 Å². The van der Waals surface area contributed by atoms with E-state index in [-0.39, 0.29) is 5.91 Å². The Balaban J connectivity index is 1.50. The number of rotatable bonds is 8. The Bertz CT molecular complexity index is 734. The molecular weight excluding hydrogens is 358 g/mol. The number of likely N-dealkylation sites (tertiary alicyclic amines) is 1. The topological polar surface area (TPSA) is 58.4 Å². The van der Waals surface area contributed by atoms with Crippen LogP contribution < -0.4 is 5.32 Å². The molecule has 1 amide bonds. The molecular formula is C21H29N3O2S. The van der Waals surface area contributed by atoms with Crippen molar-refractivity contribution in [1.29, 1.82) is 0 Å². The van der Waals surface area contributed by atoms with E-state index in [1.807, 2.05) is 38.1 Å². The van der Waals surface area contributed by atoms with Gasteiger partial charge in [0.15, 0.2) is 0 Å². The Morgan fingerprint density at radius 1 is 1.22 bits per heavy atom. The maximum Gasteiger partial charge on any atom is 0.252 e. The minimum Gasteiger partial charge on any atom is -0.361 e. The summed E-state index contributed by atoms with van der Waals surface area (Å²) in [5.74, 6) is 1.61.